The maximum absolute atomic E-state index is 13.1. The molecule has 1 aliphatic carbocycles. The number of benzene rings is 2. The van der Waals surface area contributed by atoms with Crippen molar-refractivity contribution in [3.05, 3.63) is 75.8 Å². The molecule has 8 heteroatoms. The number of amides is 1. The third-order valence-corrected chi connectivity index (χ3v) is 4.83. The molecule has 0 spiro atoms. The van der Waals surface area contributed by atoms with Crippen LogP contribution >= 0.6 is 11.6 Å². The second kappa shape index (κ2) is 9.06. The minimum absolute atomic E-state index is 0.0999. The highest BCUT2D eigenvalue weighted by atomic mass is 35.5. The van der Waals surface area contributed by atoms with E-state index in [1.165, 1.54) is 6.07 Å². The molecule has 0 bridgehead atoms. The lowest BCUT2D eigenvalue weighted by atomic mass is 9.85. The van der Waals surface area contributed by atoms with Gasteiger partial charge in [-0.3, -0.25) is 14.9 Å². The first-order chi connectivity index (χ1) is 14.7. The fraction of sp³-hybridized carbons (Fsp3) is 0.174. The smallest absolute Gasteiger partial charge is 0.412 e. The number of nitrogens with one attached hydrogen (secondary N) is 1. The largest absolute Gasteiger partial charge is 0.507 e. The van der Waals surface area contributed by atoms with Crippen molar-refractivity contribution in [3.63, 3.8) is 0 Å². The van der Waals surface area contributed by atoms with E-state index in [9.17, 15) is 24.6 Å². The Morgan fingerprint density at radius 2 is 1.81 bits per heavy atom. The van der Waals surface area contributed by atoms with Crippen molar-refractivity contribution in [3.8, 4) is 11.5 Å². The third kappa shape index (κ3) is 4.95. The van der Waals surface area contributed by atoms with Gasteiger partial charge < -0.3 is 14.9 Å². The quantitative estimate of drug-likeness (QED) is 0.443. The first-order valence-corrected chi connectivity index (χ1v) is 9.77. The fourth-order valence-corrected chi connectivity index (χ4v) is 3.34. The van der Waals surface area contributed by atoms with Crippen LogP contribution in [0.25, 0.3) is 0 Å². The number of rotatable bonds is 5. The lowest BCUT2D eigenvalue weighted by Gasteiger charge is -2.23. The van der Waals surface area contributed by atoms with Crippen LogP contribution in [0.2, 0.25) is 5.02 Å². The number of carbonyl (C=O) groups excluding carboxylic acids is 3. The van der Waals surface area contributed by atoms with Crippen LogP contribution in [0.4, 0.5) is 10.5 Å². The summed E-state index contributed by atoms with van der Waals surface area (Å²) in [7, 11) is 0. The maximum Gasteiger partial charge on any atom is 0.412 e. The standard InChI is InChI=1S/C23H20ClNO6/c1-12(2)6-9-19(31-23(30)25-14-5-3-4-13(24)10-14)15-11-18(28)20-16(26)7-8-17(27)21(20)22(15)29/h3-8,10-11,19,26-27H,9H2,1-2H3,(H,25,30)/t19-/m1/s1. The number of hydrogen-bond donors (Lipinski definition) is 3. The Morgan fingerprint density at radius 3 is 2.45 bits per heavy atom. The van der Waals surface area contributed by atoms with Gasteiger partial charge in [0.2, 0.25) is 0 Å². The fourth-order valence-electron chi connectivity index (χ4n) is 3.15. The van der Waals surface area contributed by atoms with Crippen molar-refractivity contribution < 1.29 is 29.3 Å². The van der Waals surface area contributed by atoms with Gasteiger partial charge in [-0.2, -0.15) is 0 Å². The summed E-state index contributed by atoms with van der Waals surface area (Å²) in [5.74, 6) is -2.23. The third-order valence-electron chi connectivity index (χ3n) is 4.59. The van der Waals surface area contributed by atoms with E-state index in [0.29, 0.717) is 10.7 Å². The summed E-state index contributed by atoms with van der Waals surface area (Å²) in [5, 5.41) is 23.1. The molecule has 160 valence electrons. The molecule has 1 aliphatic rings. The van der Waals surface area contributed by atoms with E-state index in [1.807, 2.05) is 13.8 Å². The number of halogens is 1. The summed E-state index contributed by atoms with van der Waals surface area (Å²) < 4.78 is 5.46. The van der Waals surface area contributed by atoms with Gasteiger partial charge in [-0.1, -0.05) is 29.3 Å². The molecule has 3 rings (SSSR count). The van der Waals surface area contributed by atoms with E-state index in [1.54, 1.807) is 24.3 Å². The summed E-state index contributed by atoms with van der Waals surface area (Å²) in [6, 6.07) is 8.69. The van der Waals surface area contributed by atoms with Gasteiger partial charge >= 0.3 is 6.09 Å². The minimum atomic E-state index is -1.10. The molecule has 0 fully saturated rings. The summed E-state index contributed by atoms with van der Waals surface area (Å²) in [4.78, 5) is 38.1. The van der Waals surface area contributed by atoms with E-state index >= 15 is 0 Å². The van der Waals surface area contributed by atoms with Gasteiger partial charge in [0.25, 0.3) is 0 Å². The second-order valence-electron chi connectivity index (χ2n) is 7.19. The number of aromatic hydroxyl groups is 2. The number of anilines is 1. The van der Waals surface area contributed by atoms with Crippen molar-refractivity contribution in [2.75, 3.05) is 5.32 Å². The average molecular weight is 442 g/mol. The predicted octanol–water partition coefficient (Wildman–Crippen LogP) is 5.03. The molecular weight excluding hydrogens is 422 g/mol. The monoisotopic (exact) mass is 441 g/mol. The summed E-state index contributed by atoms with van der Waals surface area (Å²) in [5.41, 5.74) is 0.616. The molecule has 7 nitrogen and oxygen atoms in total. The normalized spacial score (nSPS) is 13.7. The molecule has 0 heterocycles. The van der Waals surface area contributed by atoms with Gasteiger partial charge in [0.1, 0.15) is 17.6 Å². The van der Waals surface area contributed by atoms with Crippen LogP contribution in [0, 0.1) is 0 Å². The first-order valence-electron chi connectivity index (χ1n) is 9.39. The van der Waals surface area contributed by atoms with Gasteiger partial charge in [-0.25, -0.2) is 4.79 Å². The highest BCUT2D eigenvalue weighted by Crippen LogP contribution is 2.36. The lowest BCUT2D eigenvalue weighted by molar-refractivity contribution is 0.0914. The lowest BCUT2D eigenvalue weighted by Crippen LogP contribution is -2.30. The molecule has 2 aromatic carbocycles. The number of ether oxygens (including phenoxy) is 1. The maximum atomic E-state index is 13.1. The van der Waals surface area contributed by atoms with Gasteiger partial charge in [-0.05, 0) is 50.3 Å². The van der Waals surface area contributed by atoms with Crippen LogP contribution in [-0.4, -0.2) is 34.0 Å². The van der Waals surface area contributed by atoms with Crippen molar-refractivity contribution in [1.29, 1.82) is 0 Å². The van der Waals surface area contributed by atoms with E-state index in [4.69, 9.17) is 16.3 Å². The number of phenolic OH excluding ortho intramolecular Hbond substituents is 2. The molecule has 1 amide bonds. The molecule has 0 aromatic heterocycles. The summed E-state index contributed by atoms with van der Waals surface area (Å²) in [6.45, 7) is 3.68. The number of ketones is 2. The summed E-state index contributed by atoms with van der Waals surface area (Å²) in [6.07, 6.45) is 0.973. The van der Waals surface area contributed by atoms with E-state index < -0.39 is 35.3 Å². The van der Waals surface area contributed by atoms with E-state index in [0.717, 1.165) is 23.8 Å². The van der Waals surface area contributed by atoms with Gasteiger partial charge in [-0.15, -0.1) is 0 Å². The number of hydrogen-bond acceptors (Lipinski definition) is 6. The predicted molar refractivity (Wildman–Crippen MR) is 116 cm³/mol. The Labute approximate surface area is 183 Å². The highest BCUT2D eigenvalue weighted by Gasteiger charge is 2.35. The van der Waals surface area contributed by atoms with Crippen LogP contribution in [-0.2, 0) is 4.74 Å². The zero-order valence-corrected chi connectivity index (χ0v) is 17.6. The Bertz CT molecular complexity index is 1130. The van der Waals surface area contributed by atoms with Gasteiger partial charge in [0.15, 0.2) is 11.6 Å². The van der Waals surface area contributed by atoms with Crippen molar-refractivity contribution >= 4 is 34.9 Å². The SMILES string of the molecule is CC(C)=CC[C@@H](OC(=O)Nc1cccc(Cl)c1)C1=CC(=O)c2c(O)ccc(O)c2C1=O. The Kier molecular flexibility index (Phi) is 6.46. The number of fused-ring (bicyclic) bond motifs is 1. The van der Waals surface area contributed by atoms with Crippen LogP contribution in [0.3, 0.4) is 0 Å². The van der Waals surface area contributed by atoms with Crippen LogP contribution in [0.5, 0.6) is 11.5 Å². The number of allylic oxidation sites excluding steroid dienone is 2. The molecule has 0 unspecified atom stereocenters. The Balaban J connectivity index is 1.92. The summed E-state index contributed by atoms with van der Waals surface area (Å²) >= 11 is 5.92. The van der Waals surface area contributed by atoms with Crippen LogP contribution < -0.4 is 5.32 Å². The highest BCUT2D eigenvalue weighted by molar-refractivity contribution is 6.31. The van der Waals surface area contributed by atoms with Crippen LogP contribution in [0.15, 0.2) is 59.7 Å². The van der Waals surface area contributed by atoms with Crippen molar-refractivity contribution in [2.24, 2.45) is 0 Å². The van der Waals surface area contributed by atoms with E-state index in [-0.39, 0.29) is 23.1 Å². The van der Waals surface area contributed by atoms with Gasteiger partial charge in [0.05, 0.1) is 11.1 Å². The second-order valence-corrected chi connectivity index (χ2v) is 7.63. The zero-order valence-electron chi connectivity index (χ0n) is 16.8. The number of carbonyl (C=O) groups is 3. The molecule has 3 N–H and O–H groups in total. The average Bonchev–Trinajstić information content (AvgIpc) is 2.69. The molecule has 0 radical (unpaired) electrons. The van der Waals surface area contributed by atoms with E-state index in [2.05, 4.69) is 5.32 Å². The zero-order chi connectivity index (χ0) is 22.7. The molecule has 1 atom stereocenters. The Morgan fingerprint density at radius 1 is 1.13 bits per heavy atom. The molecular formula is C23H20ClNO6. The topological polar surface area (TPSA) is 113 Å². The van der Waals surface area contributed by atoms with Crippen molar-refractivity contribution in [1.82, 2.24) is 0 Å². The number of phenols is 2. The van der Waals surface area contributed by atoms with Crippen LogP contribution in [0.1, 0.15) is 41.0 Å². The molecule has 31 heavy (non-hydrogen) atoms. The molecule has 0 aliphatic heterocycles. The molecule has 0 saturated heterocycles. The van der Waals surface area contributed by atoms with Gasteiger partial charge in [0, 0.05) is 22.7 Å². The first kappa shape index (κ1) is 22.1. The van der Waals surface area contributed by atoms with Crippen molar-refractivity contribution in [2.45, 2.75) is 26.4 Å². The molecule has 0 saturated carbocycles. The molecule has 2 aromatic rings. The Hall–Kier alpha value is -3.58. The number of Topliss-reactive ketones (excluding diaryl/α,β-unsaturated/α-hetero) is 1. The minimum Gasteiger partial charge on any atom is -0.507 e.